The molecule has 16 heavy (non-hydrogen) atoms. The van der Waals surface area contributed by atoms with Crippen LogP contribution in [0.4, 0.5) is 0 Å². The summed E-state index contributed by atoms with van der Waals surface area (Å²) in [5, 5.41) is 1.61. The Labute approximate surface area is 109 Å². The fourth-order valence-corrected chi connectivity index (χ4v) is 1.98. The highest BCUT2D eigenvalue weighted by atomic mass is 79.9. The molecule has 0 spiro atoms. The first-order chi connectivity index (χ1) is 7.72. The Morgan fingerprint density at radius 3 is 2.62 bits per heavy atom. The van der Waals surface area contributed by atoms with Gasteiger partial charge in [0, 0.05) is 17.6 Å². The molecule has 0 N–H and O–H groups in total. The summed E-state index contributed by atoms with van der Waals surface area (Å²) in [6, 6.07) is 5.53. The van der Waals surface area contributed by atoms with Crippen molar-refractivity contribution in [3.63, 3.8) is 0 Å². The summed E-state index contributed by atoms with van der Waals surface area (Å²) in [4.78, 5) is 4.21. The van der Waals surface area contributed by atoms with Crippen molar-refractivity contribution >= 4 is 38.4 Å². The molecule has 2 aromatic rings. The molecule has 2 rings (SSSR count). The quantitative estimate of drug-likeness (QED) is 0.762. The summed E-state index contributed by atoms with van der Waals surface area (Å²) >= 11 is 9.42. The Bertz CT molecular complexity index is 488. The Morgan fingerprint density at radius 2 is 2.00 bits per heavy atom. The van der Waals surface area contributed by atoms with E-state index in [1.54, 1.807) is 19.4 Å². The first-order valence-corrected chi connectivity index (χ1v) is 6.17. The topological polar surface area (TPSA) is 22.1 Å². The number of rotatable bonds is 1. The molecular weight excluding hydrogens is 289 g/mol. The Morgan fingerprint density at radius 1 is 1.31 bits per heavy atom. The van der Waals surface area contributed by atoms with Crippen LogP contribution in [0.5, 0.6) is 5.75 Å². The van der Waals surface area contributed by atoms with E-state index < -0.39 is 0 Å². The van der Waals surface area contributed by atoms with Crippen molar-refractivity contribution in [2.24, 2.45) is 0 Å². The minimum absolute atomic E-state index is 0.693. The highest BCUT2D eigenvalue weighted by molar-refractivity contribution is 9.10. The maximum Gasteiger partial charge on any atom is 0.135 e. The van der Waals surface area contributed by atoms with Gasteiger partial charge in [0.2, 0.25) is 0 Å². The van der Waals surface area contributed by atoms with E-state index in [0.717, 1.165) is 21.1 Å². The van der Waals surface area contributed by atoms with Crippen molar-refractivity contribution < 1.29 is 4.74 Å². The molecule has 0 aliphatic heterocycles. The van der Waals surface area contributed by atoms with Gasteiger partial charge in [-0.3, -0.25) is 4.98 Å². The Kier molecular flexibility index (Phi) is 5.03. The summed E-state index contributed by atoms with van der Waals surface area (Å²) in [5.74, 6) is 0.757. The van der Waals surface area contributed by atoms with Gasteiger partial charge in [0.15, 0.2) is 0 Å². The third-order valence-electron chi connectivity index (χ3n) is 1.96. The maximum absolute atomic E-state index is 6.02. The predicted molar refractivity (Wildman–Crippen MR) is 72.4 cm³/mol. The number of fused-ring (bicyclic) bond motifs is 1. The first kappa shape index (κ1) is 13.3. The van der Waals surface area contributed by atoms with Crippen LogP contribution in [0, 0.1) is 0 Å². The Hall–Kier alpha value is -0.800. The molecule has 0 atom stereocenters. The van der Waals surface area contributed by atoms with Crippen molar-refractivity contribution in [2.45, 2.75) is 13.8 Å². The molecule has 0 saturated heterocycles. The molecule has 0 aliphatic rings. The molecule has 0 bridgehead atoms. The van der Waals surface area contributed by atoms with E-state index in [4.69, 9.17) is 16.3 Å². The van der Waals surface area contributed by atoms with Crippen molar-refractivity contribution in [1.29, 1.82) is 0 Å². The minimum Gasteiger partial charge on any atom is -0.495 e. The largest absolute Gasteiger partial charge is 0.495 e. The lowest BCUT2D eigenvalue weighted by atomic mass is 10.2. The summed E-state index contributed by atoms with van der Waals surface area (Å²) in [6.07, 6.45) is 1.68. The van der Waals surface area contributed by atoms with Gasteiger partial charge in [0.05, 0.1) is 22.1 Å². The van der Waals surface area contributed by atoms with E-state index in [0.29, 0.717) is 5.02 Å². The third-order valence-corrected chi connectivity index (χ3v) is 2.91. The van der Waals surface area contributed by atoms with Crippen LogP contribution in [0.1, 0.15) is 13.8 Å². The second-order valence-electron chi connectivity index (χ2n) is 2.80. The fourth-order valence-electron chi connectivity index (χ4n) is 1.27. The van der Waals surface area contributed by atoms with Crippen LogP contribution in [-0.4, -0.2) is 12.1 Å². The van der Waals surface area contributed by atoms with Crippen molar-refractivity contribution in [2.75, 3.05) is 7.11 Å². The van der Waals surface area contributed by atoms with Crippen LogP contribution in [0.25, 0.3) is 10.9 Å². The SMILES string of the molecule is CC.COc1cc2nccc(Cl)c2cc1Br. The molecule has 0 radical (unpaired) electrons. The molecule has 1 aromatic heterocycles. The molecule has 0 aliphatic carbocycles. The molecule has 0 amide bonds. The van der Waals surface area contributed by atoms with E-state index >= 15 is 0 Å². The number of nitrogens with zero attached hydrogens (tertiary/aromatic N) is 1. The van der Waals surface area contributed by atoms with E-state index in [1.165, 1.54) is 0 Å². The maximum atomic E-state index is 6.02. The monoisotopic (exact) mass is 301 g/mol. The van der Waals surface area contributed by atoms with E-state index in [-0.39, 0.29) is 0 Å². The molecule has 4 heteroatoms. The van der Waals surface area contributed by atoms with Crippen molar-refractivity contribution in [1.82, 2.24) is 4.98 Å². The van der Waals surface area contributed by atoms with Gasteiger partial charge in [-0.15, -0.1) is 0 Å². The van der Waals surface area contributed by atoms with Crippen molar-refractivity contribution in [3.05, 3.63) is 33.9 Å². The zero-order chi connectivity index (χ0) is 12.1. The van der Waals surface area contributed by atoms with Gasteiger partial charge >= 0.3 is 0 Å². The van der Waals surface area contributed by atoms with Gasteiger partial charge in [-0.05, 0) is 28.1 Å². The summed E-state index contributed by atoms with van der Waals surface area (Å²) in [6.45, 7) is 4.00. The minimum atomic E-state index is 0.693. The number of hydrogen-bond acceptors (Lipinski definition) is 2. The average molecular weight is 303 g/mol. The predicted octanol–water partition coefficient (Wildman–Crippen LogP) is 4.69. The van der Waals surface area contributed by atoms with Crippen LogP contribution in [0.2, 0.25) is 5.02 Å². The lowest BCUT2D eigenvalue weighted by Crippen LogP contribution is -1.86. The number of ether oxygens (including phenoxy) is 1. The van der Waals surface area contributed by atoms with Crippen LogP contribution >= 0.6 is 27.5 Å². The number of halogens is 2. The highest BCUT2D eigenvalue weighted by Crippen LogP contribution is 2.32. The lowest BCUT2D eigenvalue weighted by Gasteiger charge is -2.05. The smallest absolute Gasteiger partial charge is 0.135 e. The van der Waals surface area contributed by atoms with Crippen LogP contribution in [0.3, 0.4) is 0 Å². The second kappa shape index (κ2) is 6.06. The first-order valence-electron chi connectivity index (χ1n) is 5.00. The number of pyridine rings is 1. The van der Waals surface area contributed by atoms with Crippen molar-refractivity contribution in [3.8, 4) is 5.75 Å². The van der Waals surface area contributed by atoms with Crippen LogP contribution in [0.15, 0.2) is 28.9 Å². The van der Waals surface area contributed by atoms with Crippen LogP contribution in [-0.2, 0) is 0 Å². The fraction of sp³-hybridized carbons (Fsp3) is 0.250. The average Bonchev–Trinajstić information content (AvgIpc) is 2.32. The standard InChI is InChI=1S/C10H7BrClNO.C2H6/c1-14-10-5-9-6(4-7(10)11)8(12)2-3-13-9;1-2/h2-5H,1H3;1-2H3. The number of hydrogen-bond donors (Lipinski definition) is 0. The molecular formula is C12H13BrClNO. The van der Waals surface area contributed by atoms with Gasteiger partial charge < -0.3 is 4.74 Å². The summed E-state index contributed by atoms with van der Waals surface area (Å²) in [5.41, 5.74) is 0.831. The zero-order valence-corrected chi connectivity index (χ0v) is 11.8. The Balaban J connectivity index is 0.000000606. The van der Waals surface area contributed by atoms with Gasteiger partial charge in [-0.1, -0.05) is 25.4 Å². The number of methoxy groups -OCH3 is 1. The zero-order valence-electron chi connectivity index (χ0n) is 9.42. The van der Waals surface area contributed by atoms with E-state index in [9.17, 15) is 0 Å². The summed E-state index contributed by atoms with van der Waals surface area (Å²) < 4.78 is 6.04. The molecule has 1 aromatic carbocycles. The van der Waals surface area contributed by atoms with Crippen LogP contribution < -0.4 is 4.74 Å². The molecule has 1 heterocycles. The highest BCUT2D eigenvalue weighted by Gasteiger charge is 2.05. The molecule has 0 unspecified atom stereocenters. The third kappa shape index (κ3) is 2.66. The van der Waals surface area contributed by atoms with E-state index in [1.807, 2.05) is 26.0 Å². The molecule has 86 valence electrons. The molecule has 0 saturated carbocycles. The van der Waals surface area contributed by atoms with Gasteiger partial charge in [-0.25, -0.2) is 0 Å². The number of benzene rings is 1. The normalized spacial score (nSPS) is 9.56. The molecule has 0 fully saturated rings. The summed E-state index contributed by atoms with van der Waals surface area (Å²) in [7, 11) is 1.62. The van der Waals surface area contributed by atoms with E-state index in [2.05, 4.69) is 20.9 Å². The molecule has 2 nitrogen and oxygen atoms in total. The van der Waals surface area contributed by atoms with Gasteiger partial charge in [0.1, 0.15) is 5.75 Å². The van der Waals surface area contributed by atoms with Gasteiger partial charge in [-0.2, -0.15) is 0 Å². The number of aromatic nitrogens is 1. The lowest BCUT2D eigenvalue weighted by molar-refractivity contribution is 0.412. The van der Waals surface area contributed by atoms with Gasteiger partial charge in [0.25, 0.3) is 0 Å². The second-order valence-corrected chi connectivity index (χ2v) is 4.06.